The first-order chi connectivity index (χ1) is 22.1. The number of ether oxygens (including phenoxy) is 4. The second-order valence-electron chi connectivity index (χ2n) is 12.6. The van der Waals surface area contributed by atoms with Crippen LogP contribution in [0.15, 0.2) is 18.2 Å². The maximum absolute atomic E-state index is 13.6. The second-order valence-corrected chi connectivity index (χ2v) is 12.6. The molecule has 14 nitrogen and oxygen atoms in total. The molecule has 14 heteroatoms. The smallest absolute Gasteiger partial charge is 0.202 e. The lowest BCUT2D eigenvalue weighted by atomic mass is 9.72. The number of carbonyl (C=O) groups excluding carboxylic acids is 4. The van der Waals surface area contributed by atoms with E-state index in [9.17, 15) is 44.7 Å². The number of phenolic OH excluding ortho intramolecular Hbond substituents is 3. The van der Waals surface area contributed by atoms with Crippen LogP contribution < -0.4 is 5.73 Å². The minimum atomic E-state index is -2.08. The van der Waals surface area contributed by atoms with Gasteiger partial charge >= 0.3 is 0 Å². The maximum atomic E-state index is 13.6. The third-order valence-electron chi connectivity index (χ3n) is 8.96. The number of benzene rings is 2. The number of Topliss-reactive ketones (excluding diaryl/α,β-unsaturated/α-hetero) is 1. The van der Waals surface area contributed by atoms with Crippen LogP contribution in [0.3, 0.4) is 0 Å². The van der Waals surface area contributed by atoms with Crippen molar-refractivity contribution in [3.05, 3.63) is 51.6 Å². The number of aliphatic hydroxyl groups excluding tert-OH is 1. The summed E-state index contributed by atoms with van der Waals surface area (Å²) >= 11 is 0. The zero-order chi connectivity index (χ0) is 34.5. The summed E-state index contributed by atoms with van der Waals surface area (Å²) in [6.45, 7) is 5.86. The van der Waals surface area contributed by atoms with Gasteiger partial charge in [0.15, 0.2) is 24.1 Å². The molecule has 0 bridgehead atoms. The van der Waals surface area contributed by atoms with Crippen molar-refractivity contribution in [2.24, 2.45) is 5.73 Å². The summed E-state index contributed by atoms with van der Waals surface area (Å²) in [5.41, 5.74) is 2.54. The van der Waals surface area contributed by atoms with Gasteiger partial charge in [0.05, 0.1) is 35.0 Å². The van der Waals surface area contributed by atoms with Crippen LogP contribution in [0.2, 0.25) is 0 Å². The summed E-state index contributed by atoms with van der Waals surface area (Å²) in [7, 11) is 0. The molecule has 1 fully saturated rings. The van der Waals surface area contributed by atoms with Gasteiger partial charge in [-0.1, -0.05) is 12.1 Å². The summed E-state index contributed by atoms with van der Waals surface area (Å²) in [6, 6.07) is 3.13. The van der Waals surface area contributed by atoms with E-state index in [0.717, 1.165) is 6.92 Å². The molecule has 5 rings (SSSR count). The monoisotopic (exact) mass is 657 g/mol. The third kappa shape index (κ3) is 6.29. The number of aromatic hydroxyl groups is 3. The fourth-order valence-corrected chi connectivity index (χ4v) is 6.57. The number of aliphatic hydroxyl groups is 2. The lowest BCUT2D eigenvalue weighted by Crippen LogP contribution is -2.55. The van der Waals surface area contributed by atoms with Gasteiger partial charge in [-0.25, -0.2) is 0 Å². The van der Waals surface area contributed by atoms with Crippen molar-refractivity contribution in [2.45, 2.75) is 108 Å². The number of rotatable bonds is 10. The standard InChI is InChI=1S/C33H39NO13/c1-13(36)8-22(44-14(2)12-35)47-32-15(3)45-23(9-19(32)34)46-21-11-33(43,16(4)37)10-18-25(21)31(42)27-26(29(18)40)28(39)17-6-5-7-20(38)24(17)30(27)41/h5-7,12-15,19,21-23,32,36,38,40,42-43H,8-11,34H2,1-4H3/t13-,14-,15-,19-,21-,22?,23-,32+,33-/m0/s1. The highest BCUT2D eigenvalue weighted by molar-refractivity contribution is 6.31. The molecule has 0 radical (unpaired) electrons. The Hall–Kier alpha value is -3.76. The summed E-state index contributed by atoms with van der Waals surface area (Å²) in [5, 5.41) is 54.7. The van der Waals surface area contributed by atoms with Crippen LogP contribution in [0.4, 0.5) is 0 Å². The van der Waals surface area contributed by atoms with Gasteiger partial charge in [-0.15, -0.1) is 0 Å². The van der Waals surface area contributed by atoms with Gasteiger partial charge in [0.25, 0.3) is 0 Å². The van der Waals surface area contributed by atoms with Crippen LogP contribution in [-0.4, -0.2) is 97.8 Å². The topological polar surface area (TPSA) is 232 Å². The zero-order valence-corrected chi connectivity index (χ0v) is 26.3. The Kier molecular flexibility index (Phi) is 9.59. The van der Waals surface area contributed by atoms with E-state index in [4.69, 9.17) is 24.7 Å². The van der Waals surface area contributed by atoms with Gasteiger partial charge in [0.2, 0.25) is 5.78 Å². The molecule has 0 saturated carbocycles. The third-order valence-corrected chi connectivity index (χ3v) is 8.96. The lowest BCUT2D eigenvalue weighted by Gasteiger charge is -2.43. The van der Waals surface area contributed by atoms with Crippen molar-refractivity contribution < 1.29 is 63.7 Å². The van der Waals surface area contributed by atoms with Gasteiger partial charge < -0.3 is 55.0 Å². The van der Waals surface area contributed by atoms with Crippen molar-refractivity contribution in [1.29, 1.82) is 0 Å². The van der Waals surface area contributed by atoms with Gasteiger partial charge in [0, 0.05) is 48.4 Å². The average Bonchev–Trinajstić information content (AvgIpc) is 2.98. The van der Waals surface area contributed by atoms with Crippen LogP contribution in [0.5, 0.6) is 17.2 Å². The highest BCUT2D eigenvalue weighted by Gasteiger charge is 2.49. The van der Waals surface area contributed by atoms with Gasteiger partial charge in [-0.2, -0.15) is 0 Å². The molecule has 0 spiro atoms. The molecule has 7 N–H and O–H groups in total. The quantitative estimate of drug-likeness (QED) is 0.103. The number of hydrogen-bond acceptors (Lipinski definition) is 14. The van der Waals surface area contributed by atoms with Crippen LogP contribution in [0.25, 0.3) is 0 Å². The van der Waals surface area contributed by atoms with Gasteiger partial charge in [-0.3, -0.25) is 14.4 Å². The molecule has 0 aromatic heterocycles. The number of carbonyl (C=O) groups is 4. The number of hydrogen-bond donors (Lipinski definition) is 6. The molecule has 1 aliphatic heterocycles. The van der Waals surface area contributed by atoms with Crippen molar-refractivity contribution >= 4 is 23.6 Å². The normalized spacial score (nSPS) is 28.9. The summed E-state index contributed by atoms with van der Waals surface area (Å²) < 4.78 is 23.9. The highest BCUT2D eigenvalue weighted by Crippen LogP contribution is 2.52. The molecule has 2 aliphatic carbocycles. The molecule has 2 aromatic carbocycles. The number of ketones is 3. The first kappa shape index (κ1) is 34.6. The Morgan fingerprint density at radius 2 is 1.81 bits per heavy atom. The van der Waals surface area contributed by atoms with Crippen molar-refractivity contribution in [1.82, 2.24) is 0 Å². The van der Waals surface area contributed by atoms with Crippen molar-refractivity contribution in [2.75, 3.05) is 0 Å². The molecule has 1 heterocycles. The molecule has 47 heavy (non-hydrogen) atoms. The Morgan fingerprint density at radius 1 is 1.13 bits per heavy atom. The van der Waals surface area contributed by atoms with E-state index in [1.807, 2.05) is 0 Å². The van der Waals surface area contributed by atoms with E-state index >= 15 is 0 Å². The predicted molar refractivity (Wildman–Crippen MR) is 161 cm³/mol. The Morgan fingerprint density at radius 3 is 2.43 bits per heavy atom. The molecule has 254 valence electrons. The fourth-order valence-electron chi connectivity index (χ4n) is 6.57. The zero-order valence-electron chi connectivity index (χ0n) is 26.3. The Bertz CT molecular complexity index is 1590. The Balaban J connectivity index is 1.48. The van der Waals surface area contributed by atoms with Crippen LogP contribution >= 0.6 is 0 Å². The van der Waals surface area contributed by atoms with Crippen molar-refractivity contribution in [3.63, 3.8) is 0 Å². The SMILES string of the molecule is CC(=O)[C@]1(O)Cc2c(O)c3c(c(O)c2[C@@H](O[C@H]2C[C@H](N)[C@H](OC(C[C@H](C)O)O[C@@H](C)C=O)[C@H](C)O2)C1)C(=O)c1c(O)cccc1C3=O. The Labute approximate surface area is 270 Å². The average molecular weight is 658 g/mol. The summed E-state index contributed by atoms with van der Waals surface area (Å²) in [5.74, 6) is -4.30. The van der Waals surface area contributed by atoms with Crippen LogP contribution in [0.1, 0.15) is 96.0 Å². The van der Waals surface area contributed by atoms with Crippen LogP contribution in [-0.2, 0) is 35.0 Å². The van der Waals surface area contributed by atoms with E-state index in [0.29, 0.717) is 6.29 Å². The second kappa shape index (κ2) is 13.0. The minimum absolute atomic E-state index is 0.000319. The van der Waals surface area contributed by atoms with E-state index in [1.165, 1.54) is 32.0 Å². The molecular formula is C33H39NO13. The van der Waals surface area contributed by atoms with E-state index < -0.39 is 113 Å². The molecular weight excluding hydrogens is 618 g/mol. The molecule has 2 aromatic rings. The molecule has 3 aliphatic rings. The van der Waals surface area contributed by atoms with Crippen molar-refractivity contribution in [3.8, 4) is 17.2 Å². The van der Waals surface area contributed by atoms with E-state index in [2.05, 4.69) is 0 Å². The number of aldehydes is 1. The molecule has 0 amide bonds. The van der Waals surface area contributed by atoms with E-state index in [1.54, 1.807) is 6.92 Å². The molecule has 9 atom stereocenters. The number of nitrogens with two attached hydrogens (primary N) is 1. The fraction of sp³-hybridized carbons (Fsp3) is 0.515. The van der Waals surface area contributed by atoms with Crippen LogP contribution in [0, 0.1) is 0 Å². The molecule has 1 unspecified atom stereocenters. The first-order valence-electron chi connectivity index (χ1n) is 15.3. The first-order valence-corrected chi connectivity index (χ1v) is 15.3. The van der Waals surface area contributed by atoms with E-state index in [-0.39, 0.29) is 35.1 Å². The lowest BCUT2D eigenvalue weighted by molar-refractivity contribution is -0.282. The number of phenols is 3. The van der Waals surface area contributed by atoms with Gasteiger partial charge in [0.1, 0.15) is 41.3 Å². The summed E-state index contributed by atoms with van der Waals surface area (Å²) in [4.78, 5) is 50.9. The largest absolute Gasteiger partial charge is 0.507 e. The summed E-state index contributed by atoms with van der Waals surface area (Å²) in [6.07, 6.45) is -6.81. The minimum Gasteiger partial charge on any atom is -0.507 e. The maximum Gasteiger partial charge on any atom is 0.202 e. The highest BCUT2D eigenvalue weighted by atomic mass is 16.7. The molecule has 1 saturated heterocycles. The van der Waals surface area contributed by atoms with Gasteiger partial charge in [-0.05, 0) is 33.8 Å². The predicted octanol–water partition coefficient (Wildman–Crippen LogP) is 1.45. The number of fused-ring (bicyclic) bond motifs is 3.